The summed E-state index contributed by atoms with van der Waals surface area (Å²) in [4.78, 5) is 32.2. The number of benzene rings is 2. The van der Waals surface area contributed by atoms with Crippen molar-refractivity contribution in [3.05, 3.63) is 82.9 Å². The lowest BCUT2D eigenvalue weighted by atomic mass is 9.95. The molecule has 3 heterocycles. The zero-order chi connectivity index (χ0) is 23.7. The highest BCUT2D eigenvalue weighted by Crippen LogP contribution is 2.29. The number of nitrogens with zero attached hydrogens (tertiary/aromatic N) is 3. The lowest BCUT2D eigenvalue weighted by Crippen LogP contribution is -2.42. The number of aryl methyl sites for hydroxylation is 2. The van der Waals surface area contributed by atoms with Gasteiger partial charge in [0.25, 0.3) is 5.91 Å². The van der Waals surface area contributed by atoms with Crippen LogP contribution < -0.4 is 5.32 Å². The van der Waals surface area contributed by atoms with E-state index in [0.29, 0.717) is 44.8 Å². The quantitative estimate of drug-likeness (QED) is 0.634. The summed E-state index contributed by atoms with van der Waals surface area (Å²) in [7, 11) is 0. The summed E-state index contributed by atoms with van der Waals surface area (Å²) >= 11 is 0. The molecule has 7 heteroatoms. The number of hydrogen-bond donors (Lipinski definition) is 1. The maximum atomic E-state index is 13.2. The molecule has 2 aliphatic rings. The van der Waals surface area contributed by atoms with Crippen LogP contribution in [0.2, 0.25) is 0 Å². The highest BCUT2D eigenvalue weighted by molar-refractivity contribution is 5.95. The Bertz CT molecular complexity index is 1200. The minimum Gasteiger partial charge on any atom is -0.365 e. The molecule has 1 saturated heterocycles. The third kappa shape index (κ3) is 4.48. The van der Waals surface area contributed by atoms with Gasteiger partial charge in [-0.15, -0.1) is 0 Å². The van der Waals surface area contributed by atoms with Crippen molar-refractivity contribution in [2.45, 2.75) is 45.9 Å². The predicted octanol–water partition coefficient (Wildman–Crippen LogP) is 4.26. The van der Waals surface area contributed by atoms with E-state index in [-0.39, 0.29) is 23.8 Å². The van der Waals surface area contributed by atoms with Gasteiger partial charge in [-0.2, -0.15) is 0 Å². The number of carbonyl (C=O) groups is 2. The molecule has 1 fully saturated rings. The third-order valence-electron chi connectivity index (χ3n) is 7.03. The Labute approximate surface area is 199 Å². The van der Waals surface area contributed by atoms with Crippen molar-refractivity contribution in [2.75, 3.05) is 18.4 Å². The molecule has 0 radical (unpaired) electrons. The molecule has 5 rings (SSSR count). The molecule has 176 valence electrons. The number of anilines is 1. The zero-order valence-corrected chi connectivity index (χ0v) is 19.7. The summed E-state index contributed by atoms with van der Waals surface area (Å²) in [6, 6.07) is 16.1. The number of carbonyl (C=O) groups excluding carboxylic acids is 2. The number of hydrogen-bond acceptors (Lipinski definition) is 4. The van der Waals surface area contributed by atoms with Crippen LogP contribution in [0.5, 0.6) is 0 Å². The average Bonchev–Trinajstić information content (AvgIpc) is 3.30. The number of piperidine rings is 1. The first-order valence-electron chi connectivity index (χ1n) is 11.9. The summed E-state index contributed by atoms with van der Waals surface area (Å²) in [6.07, 6.45) is 2.98. The van der Waals surface area contributed by atoms with Crippen molar-refractivity contribution >= 4 is 17.5 Å². The Morgan fingerprint density at radius 3 is 2.53 bits per heavy atom. The van der Waals surface area contributed by atoms with Gasteiger partial charge in [0.2, 0.25) is 5.91 Å². The van der Waals surface area contributed by atoms with E-state index in [1.165, 1.54) is 5.56 Å². The average molecular weight is 459 g/mol. The first kappa shape index (κ1) is 22.3. The predicted molar refractivity (Wildman–Crippen MR) is 129 cm³/mol. The van der Waals surface area contributed by atoms with Crippen LogP contribution in [0, 0.1) is 19.8 Å². The summed E-state index contributed by atoms with van der Waals surface area (Å²) in [6.45, 7) is 6.18. The van der Waals surface area contributed by atoms with Crippen LogP contribution in [-0.2, 0) is 22.7 Å². The number of imidazole rings is 1. The summed E-state index contributed by atoms with van der Waals surface area (Å²) in [5, 5.41) is 3.04. The highest BCUT2D eigenvalue weighted by Gasteiger charge is 2.32. The van der Waals surface area contributed by atoms with Gasteiger partial charge in [0.15, 0.2) is 5.69 Å². The number of aromatic nitrogens is 2. The van der Waals surface area contributed by atoms with E-state index in [1.54, 1.807) is 6.33 Å². The van der Waals surface area contributed by atoms with Gasteiger partial charge >= 0.3 is 0 Å². The lowest BCUT2D eigenvalue weighted by Gasteiger charge is -2.31. The Kier molecular flexibility index (Phi) is 6.20. The van der Waals surface area contributed by atoms with Crippen molar-refractivity contribution in [1.82, 2.24) is 14.5 Å². The number of nitrogens with one attached hydrogen (secondary N) is 1. The fourth-order valence-electron chi connectivity index (χ4n) is 4.73. The van der Waals surface area contributed by atoms with Gasteiger partial charge in [-0.3, -0.25) is 9.59 Å². The Balaban J connectivity index is 1.18. The molecule has 2 aromatic carbocycles. The molecule has 0 unspecified atom stereocenters. The number of ether oxygens (including phenoxy) is 1. The van der Waals surface area contributed by atoms with Crippen LogP contribution in [-0.4, -0.2) is 39.4 Å². The van der Waals surface area contributed by atoms with E-state index in [0.717, 1.165) is 22.5 Å². The number of amides is 2. The minimum atomic E-state index is -0.100. The van der Waals surface area contributed by atoms with E-state index < -0.39 is 0 Å². The van der Waals surface area contributed by atoms with Gasteiger partial charge in [0.05, 0.1) is 25.2 Å². The molecule has 2 amide bonds. The number of fused-ring (bicyclic) bond motifs is 1. The van der Waals surface area contributed by atoms with Crippen molar-refractivity contribution in [2.24, 2.45) is 5.92 Å². The molecular formula is C27H30N4O3. The molecule has 1 atom stereocenters. The van der Waals surface area contributed by atoms with E-state index in [4.69, 9.17) is 4.74 Å². The minimum absolute atomic E-state index is 0.0232. The fourth-order valence-corrected chi connectivity index (χ4v) is 4.73. The largest absolute Gasteiger partial charge is 0.365 e. The third-order valence-corrected chi connectivity index (χ3v) is 7.03. The van der Waals surface area contributed by atoms with Crippen molar-refractivity contribution in [1.29, 1.82) is 0 Å². The van der Waals surface area contributed by atoms with E-state index in [1.807, 2.05) is 52.8 Å². The molecule has 0 aliphatic carbocycles. The summed E-state index contributed by atoms with van der Waals surface area (Å²) in [5.74, 6) is -0.157. The van der Waals surface area contributed by atoms with Gasteiger partial charge in [-0.05, 0) is 55.5 Å². The lowest BCUT2D eigenvalue weighted by molar-refractivity contribution is -0.121. The molecule has 1 aromatic heterocycles. The zero-order valence-electron chi connectivity index (χ0n) is 19.7. The second kappa shape index (κ2) is 9.43. The van der Waals surface area contributed by atoms with Crippen molar-refractivity contribution in [3.63, 3.8) is 0 Å². The summed E-state index contributed by atoms with van der Waals surface area (Å²) in [5.41, 5.74) is 5.59. The Morgan fingerprint density at radius 2 is 1.79 bits per heavy atom. The maximum absolute atomic E-state index is 13.2. The Morgan fingerprint density at radius 1 is 1.03 bits per heavy atom. The first-order valence-corrected chi connectivity index (χ1v) is 11.9. The molecule has 1 N–H and O–H groups in total. The maximum Gasteiger partial charge on any atom is 0.274 e. The van der Waals surface area contributed by atoms with Gasteiger partial charge in [-0.1, -0.05) is 36.4 Å². The van der Waals surface area contributed by atoms with Crippen LogP contribution in [0.15, 0.2) is 54.9 Å². The fraction of sp³-hybridized carbons (Fsp3) is 0.370. The normalized spacial score (nSPS) is 18.4. The second-order valence-corrected chi connectivity index (χ2v) is 9.26. The van der Waals surface area contributed by atoms with Crippen molar-refractivity contribution in [3.8, 4) is 0 Å². The molecular weight excluding hydrogens is 428 g/mol. The highest BCUT2D eigenvalue weighted by atomic mass is 16.5. The van der Waals surface area contributed by atoms with Crippen LogP contribution in [0.25, 0.3) is 0 Å². The molecule has 0 spiro atoms. The van der Waals surface area contributed by atoms with Crippen molar-refractivity contribution < 1.29 is 14.3 Å². The van der Waals surface area contributed by atoms with E-state index >= 15 is 0 Å². The second-order valence-electron chi connectivity index (χ2n) is 9.26. The molecule has 0 saturated carbocycles. The standard InChI is InChI=1S/C27H30N4O3/c1-18-8-9-22(14-19(18)2)29-26(32)21-10-12-30(13-11-21)27(33)25-23-16-34-24(15-31(23)17-28-25)20-6-4-3-5-7-20/h3-9,14,17,21,24H,10-13,15-16H2,1-2H3,(H,29,32)/t24-/m1/s1. The summed E-state index contributed by atoms with van der Waals surface area (Å²) < 4.78 is 8.09. The van der Waals surface area contributed by atoms with Crippen LogP contribution in [0.3, 0.4) is 0 Å². The van der Waals surface area contributed by atoms with E-state index in [2.05, 4.69) is 29.4 Å². The molecule has 0 bridgehead atoms. The van der Waals surface area contributed by atoms with Crippen LogP contribution in [0.1, 0.15) is 51.8 Å². The molecule has 34 heavy (non-hydrogen) atoms. The van der Waals surface area contributed by atoms with Crippen LogP contribution >= 0.6 is 0 Å². The van der Waals surface area contributed by atoms with Gasteiger partial charge in [0, 0.05) is 24.7 Å². The molecule has 3 aromatic rings. The molecule has 2 aliphatic heterocycles. The van der Waals surface area contributed by atoms with Gasteiger partial charge in [0.1, 0.15) is 6.10 Å². The number of likely N-dealkylation sites (tertiary alicyclic amines) is 1. The smallest absolute Gasteiger partial charge is 0.274 e. The van der Waals surface area contributed by atoms with Gasteiger partial charge in [-0.25, -0.2) is 4.98 Å². The monoisotopic (exact) mass is 458 g/mol. The Hall–Kier alpha value is -3.45. The topological polar surface area (TPSA) is 76.5 Å². The van der Waals surface area contributed by atoms with Crippen LogP contribution in [0.4, 0.5) is 5.69 Å². The van der Waals surface area contributed by atoms with E-state index in [9.17, 15) is 9.59 Å². The first-order chi connectivity index (χ1) is 16.5. The molecule has 7 nitrogen and oxygen atoms in total. The SMILES string of the molecule is Cc1ccc(NC(=O)C2CCN(C(=O)c3ncn4c3CO[C@@H](c3ccccc3)C4)CC2)cc1C. The van der Waals surface area contributed by atoms with Gasteiger partial charge < -0.3 is 19.5 Å². The number of rotatable bonds is 4.